The number of piperidine rings is 1. The maximum atomic E-state index is 11.9. The zero-order valence-corrected chi connectivity index (χ0v) is 13.6. The van der Waals surface area contributed by atoms with Gasteiger partial charge in [0.15, 0.2) is 0 Å². The summed E-state index contributed by atoms with van der Waals surface area (Å²) >= 11 is 3.44. The van der Waals surface area contributed by atoms with E-state index in [-0.39, 0.29) is 17.9 Å². The number of hydrogen-bond acceptors (Lipinski definition) is 2. The number of nitrogens with zero attached hydrogens (tertiary/aromatic N) is 1. The van der Waals surface area contributed by atoms with Crippen LogP contribution < -0.4 is 5.32 Å². The predicted octanol–water partition coefficient (Wildman–Crippen LogP) is 2.59. The molecule has 0 atom stereocenters. The van der Waals surface area contributed by atoms with E-state index in [9.17, 15) is 9.59 Å². The number of carbonyl (C=O) groups is 2. The summed E-state index contributed by atoms with van der Waals surface area (Å²) in [7, 11) is 0. The fraction of sp³-hybridized carbons (Fsp3) is 0.375. The minimum atomic E-state index is -0.0907. The minimum absolute atomic E-state index is 0.0907. The molecule has 21 heavy (non-hydrogen) atoms. The molecule has 4 nitrogen and oxygen atoms in total. The number of nitrogens with one attached hydrogen (secondary N) is 1. The van der Waals surface area contributed by atoms with Gasteiger partial charge < -0.3 is 10.2 Å². The second-order valence-corrected chi connectivity index (χ2v) is 6.00. The highest BCUT2D eigenvalue weighted by atomic mass is 79.9. The molecule has 2 rings (SSSR count). The molecule has 1 saturated heterocycles. The number of benzene rings is 1. The molecule has 1 aliphatic rings. The first-order valence-corrected chi connectivity index (χ1v) is 7.84. The van der Waals surface area contributed by atoms with Gasteiger partial charge in [-0.25, -0.2) is 0 Å². The lowest BCUT2D eigenvalue weighted by Crippen LogP contribution is -2.45. The topological polar surface area (TPSA) is 49.4 Å². The van der Waals surface area contributed by atoms with Crippen LogP contribution in [0.2, 0.25) is 0 Å². The maximum absolute atomic E-state index is 11.9. The van der Waals surface area contributed by atoms with Crippen molar-refractivity contribution in [2.24, 2.45) is 0 Å². The molecule has 112 valence electrons. The first-order valence-electron chi connectivity index (χ1n) is 7.05. The van der Waals surface area contributed by atoms with Gasteiger partial charge in [0.05, 0.1) is 0 Å². The highest BCUT2D eigenvalue weighted by Gasteiger charge is 2.21. The summed E-state index contributed by atoms with van der Waals surface area (Å²) in [5, 5.41) is 2.99. The van der Waals surface area contributed by atoms with Crippen LogP contribution in [0, 0.1) is 0 Å². The smallest absolute Gasteiger partial charge is 0.244 e. The summed E-state index contributed by atoms with van der Waals surface area (Å²) in [6, 6.07) is 7.90. The first-order chi connectivity index (χ1) is 10.1. The van der Waals surface area contributed by atoms with E-state index in [4.69, 9.17) is 0 Å². The summed E-state index contributed by atoms with van der Waals surface area (Å²) in [4.78, 5) is 25.0. The van der Waals surface area contributed by atoms with E-state index in [1.165, 1.54) is 0 Å². The van der Waals surface area contributed by atoms with Gasteiger partial charge in [0.2, 0.25) is 11.8 Å². The molecule has 1 aliphatic heterocycles. The predicted molar refractivity (Wildman–Crippen MR) is 86.6 cm³/mol. The highest BCUT2D eigenvalue weighted by Crippen LogP contribution is 2.17. The molecule has 0 bridgehead atoms. The van der Waals surface area contributed by atoms with Gasteiger partial charge in [-0.15, -0.1) is 0 Å². The monoisotopic (exact) mass is 350 g/mol. The molecule has 2 amide bonds. The average Bonchev–Trinajstić information content (AvgIpc) is 2.47. The normalized spacial score (nSPS) is 16.2. The Bertz CT molecular complexity index is 549. The average molecular weight is 351 g/mol. The van der Waals surface area contributed by atoms with Crippen LogP contribution in [-0.4, -0.2) is 35.8 Å². The Labute approximate surface area is 133 Å². The molecule has 1 aromatic rings. The Morgan fingerprint density at radius 1 is 1.29 bits per heavy atom. The lowest BCUT2D eigenvalue weighted by Gasteiger charge is -2.31. The van der Waals surface area contributed by atoms with E-state index in [1.54, 1.807) is 19.1 Å². The summed E-state index contributed by atoms with van der Waals surface area (Å²) in [5.74, 6) is 0.0145. The standard InChI is InChI=1S/C16H19BrN2O2/c1-12(20)19-10-8-14(9-11-19)18-16(21)7-6-13-4-2-3-5-15(13)17/h2-7,14H,8-11H2,1H3,(H,18,21). The third-order valence-corrected chi connectivity index (χ3v) is 4.33. The Balaban J connectivity index is 1.83. The van der Waals surface area contributed by atoms with Crippen molar-refractivity contribution in [1.29, 1.82) is 0 Å². The van der Waals surface area contributed by atoms with Crippen LogP contribution in [0.1, 0.15) is 25.3 Å². The molecule has 0 saturated carbocycles. The molecule has 1 heterocycles. The number of likely N-dealkylation sites (tertiary alicyclic amines) is 1. The number of rotatable bonds is 3. The second kappa shape index (κ2) is 7.41. The van der Waals surface area contributed by atoms with Gasteiger partial charge in [-0.2, -0.15) is 0 Å². The van der Waals surface area contributed by atoms with Gasteiger partial charge in [0.25, 0.3) is 0 Å². The van der Waals surface area contributed by atoms with Crippen molar-refractivity contribution >= 4 is 33.8 Å². The van der Waals surface area contributed by atoms with E-state index in [2.05, 4.69) is 21.2 Å². The van der Waals surface area contributed by atoms with Crippen LogP contribution in [0.15, 0.2) is 34.8 Å². The third kappa shape index (κ3) is 4.70. The molecule has 1 fully saturated rings. The molecule has 0 aromatic heterocycles. The third-order valence-electron chi connectivity index (χ3n) is 3.61. The zero-order chi connectivity index (χ0) is 15.2. The fourth-order valence-electron chi connectivity index (χ4n) is 2.36. The van der Waals surface area contributed by atoms with E-state index < -0.39 is 0 Å². The number of carbonyl (C=O) groups excluding carboxylic acids is 2. The number of halogens is 1. The first kappa shape index (κ1) is 15.8. The number of hydrogen-bond donors (Lipinski definition) is 1. The summed E-state index contributed by atoms with van der Waals surface area (Å²) in [6.07, 6.45) is 4.98. The Morgan fingerprint density at radius 2 is 1.95 bits per heavy atom. The van der Waals surface area contributed by atoms with Crippen LogP contribution in [0.3, 0.4) is 0 Å². The van der Waals surface area contributed by atoms with Gasteiger partial charge in [0, 0.05) is 36.6 Å². The van der Waals surface area contributed by atoms with E-state index in [0.29, 0.717) is 13.1 Å². The minimum Gasteiger partial charge on any atom is -0.350 e. The maximum Gasteiger partial charge on any atom is 0.244 e. The molecule has 0 spiro atoms. The van der Waals surface area contributed by atoms with Gasteiger partial charge in [-0.05, 0) is 30.5 Å². The fourth-order valence-corrected chi connectivity index (χ4v) is 2.78. The van der Waals surface area contributed by atoms with Gasteiger partial charge in [-0.3, -0.25) is 9.59 Å². The van der Waals surface area contributed by atoms with E-state index in [0.717, 1.165) is 22.9 Å². The summed E-state index contributed by atoms with van der Waals surface area (Å²) < 4.78 is 0.962. The van der Waals surface area contributed by atoms with Crippen molar-refractivity contribution in [2.45, 2.75) is 25.8 Å². The molecular formula is C16H19BrN2O2. The second-order valence-electron chi connectivity index (χ2n) is 5.14. The highest BCUT2D eigenvalue weighted by molar-refractivity contribution is 9.10. The van der Waals surface area contributed by atoms with E-state index in [1.807, 2.05) is 29.2 Å². The number of amides is 2. The van der Waals surface area contributed by atoms with Crippen molar-refractivity contribution in [3.63, 3.8) is 0 Å². The van der Waals surface area contributed by atoms with Crippen molar-refractivity contribution in [3.8, 4) is 0 Å². The van der Waals surface area contributed by atoms with Gasteiger partial charge in [0.1, 0.15) is 0 Å². The molecule has 1 N–H and O–H groups in total. The zero-order valence-electron chi connectivity index (χ0n) is 12.0. The molecule has 1 aromatic carbocycles. The van der Waals surface area contributed by atoms with Gasteiger partial charge in [-0.1, -0.05) is 34.1 Å². The molecular weight excluding hydrogens is 332 g/mol. The Morgan fingerprint density at radius 3 is 2.57 bits per heavy atom. The summed E-state index contributed by atoms with van der Waals surface area (Å²) in [5.41, 5.74) is 0.971. The van der Waals surface area contributed by atoms with Crippen molar-refractivity contribution in [3.05, 3.63) is 40.4 Å². The lowest BCUT2D eigenvalue weighted by atomic mass is 10.0. The van der Waals surface area contributed by atoms with Crippen molar-refractivity contribution in [2.75, 3.05) is 13.1 Å². The van der Waals surface area contributed by atoms with Crippen molar-refractivity contribution in [1.82, 2.24) is 10.2 Å². The largest absolute Gasteiger partial charge is 0.350 e. The van der Waals surface area contributed by atoms with Crippen molar-refractivity contribution < 1.29 is 9.59 Å². The quantitative estimate of drug-likeness (QED) is 0.851. The van der Waals surface area contributed by atoms with Crippen LogP contribution in [0.4, 0.5) is 0 Å². The lowest BCUT2D eigenvalue weighted by molar-refractivity contribution is -0.129. The Hall–Kier alpha value is -1.62. The SMILES string of the molecule is CC(=O)N1CCC(NC(=O)C=Cc2ccccc2Br)CC1. The van der Waals surface area contributed by atoms with Crippen LogP contribution >= 0.6 is 15.9 Å². The Kier molecular flexibility index (Phi) is 5.56. The molecule has 0 aliphatic carbocycles. The van der Waals surface area contributed by atoms with Gasteiger partial charge >= 0.3 is 0 Å². The van der Waals surface area contributed by atoms with E-state index >= 15 is 0 Å². The molecule has 0 unspecified atom stereocenters. The summed E-state index contributed by atoms with van der Waals surface area (Å²) in [6.45, 7) is 3.02. The van der Waals surface area contributed by atoms with Crippen LogP contribution in [-0.2, 0) is 9.59 Å². The molecule has 5 heteroatoms. The van der Waals surface area contributed by atoms with Crippen LogP contribution in [0.5, 0.6) is 0 Å². The van der Waals surface area contributed by atoms with Crippen LogP contribution in [0.25, 0.3) is 6.08 Å². The molecule has 0 radical (unpaired) electrons.